The van der Waals surface area contributed by atoms with Crippen molar-refractivity contribution in [2.24, 2.45) is 0 Å². The fraction of sp³-hybridized carbons (Fsp3) is 0.522. The van der Waals surface area contributed by atoms with Gasteiger partial charge in [-0.15, -0.1) is 0 Å². The molecule has 1 aromatic carbocycles. The molecule has 0 spiro atoms. The van der Waals surface area contributed by atoms with Gasteiger partial charge < -0.3 is 19.1 Å². The first-order valence-corrected chi connectivity index (χ1v) is 10.8. The van der Waals surface area contributed by atoms with Gasteiger partial charge in [0.15, 0.2) is 0 Å². The molecule has 0 saturated heterocycles. The van der Waals surface area contributed by atoms with Gasteiger partial charge in [0.2, 0.25) is 5.91 Å². The molecule has 160 valence electrons. The Bertz CT molecular complexity index is 994. The van der Waals surface area contributed by atoms with Gasteiger partial charge in [-0.3, -0.25) is 4.79 Å². The van der Waals surface area contributed by atoms with Crippen LogP contribution in [-0.4, -0.2) is 54.2 Å². The molecule has 0 bridgehead atoms. The van der Waals surface area contributed by atoms with E-state index in [4.69, 9.17) is 4.98 Å². The smallest absolute Gasteiger partial charge is 0.222 e. The zero-order valence-electron chi connectivity index (χ0n) is 18.0. The largest absolute Gasteiger partial charge is 0.389 e. The number of carbonyl (C=O) groups is 1. The fourth-order valence-corrected chi connectivity index (χ4v) is 4.67. The molecular formula is C23H31N5O2. The molecule has 0 unspecified atom stereocenters. The Kier molecular flexibility index (Phi) is 5.90. The molecule has 4 rings (SSSR count). The van der Waals surface area contributed by atoms with Crippen LogP contribution in [0, 0.1) is 0 Å². The van der Waals surface area contributed by atoms with Gasteiger partial charge in [-0.2, -0.15) is 0 Å². The number of hydrogen-bond donors (Lipinski definition) is 1. The monoisotopic (exact) mass is 409 g/mol. The summed E-state index contributed by atoms with van der Waals surface area (Å²) in [5.41, 5.74) is 2.13. The first-order valence-electron chi connectivity index (χ1n) is 10.8. The van der Waals surface area contributed by atoms with Crippen LogP contribution in [-0.2, 0) is 11.3 Å². The summed E-state index contributed by atoms with van der Waals surface area (Å²) in [6, 6.07) is 8.00. The minimum absolute atomic E-state index is 0.0151. The zero-order chi connectivity index (χ0) is 21.3. The first kappa shape index (κ1) is 20.6. The van der Waals surface area contributed by atoms with Crippen LogP contribution in [0.2, 0.25) is 0 Å². The SMILES string of the molecule is CC(C)c1nc2ccccc2n1CCCC(=O)N(C)[C@@H]1CC[C@@H](n2ccnc2)[C@@H]1O. The van der Waals surface area contributed by atoms with Crippen molar-refractivity contribution < 1.29 is 9.90 Å². The van der Waals surface area contributed by atoms with E-state index in [1.54, 1.807) is 17.4 Å². The van der Waals surface area contributed by atoms with E-state index in [1.165, 1.54) is 0 Å². The molecule has 2 aromatic heterocycles. The normalized spacial score (nSPS) is 21.6. The average Bonchev–Trinajstić information content (AvgIpc) is 3.46. The third-order valence-corrected chi connectivity index (χ3v) is 6.32. The Morgan fingerprint density at radius 3 is 2.83 bits per heavy atom. The summed E-state index contributed by atoms with van der Waals surface area (Å²) in [4.78, 5) is 23.5. The Balaban J connectivity index is 1.37. The second kappa shape index (κ2) is 8.60. The van der Waals surface area contributed by atoms with Gasteiger partial charge in [0.1, 0.15) is 5.82 Å². The lowest BCUT2D eigenvalue weighted by atomic mass is 10.1. The molecule has 1 amide bonds. The van der Waals surface area contributed by atoms with Gasteiger partial charge in [-0.1, -0.05) is 26.0 Å². The molecule has 2 heterocycles. The number of carbonyl (C=O) groups excluding carboxylic acids is 1. The van der Waals surface area contributed by atoms with Crippen LogP contribution >= 0.6 is 0 Å². The van der Waals surface area contributed by atoms with Gasteiger partial charge >= 0.3 is 0 Å². The van der Waals surface area contributed by atoms with Crippen molar-refractivity contribution in [3.05, 3.63) is 48.8 Å². The van der Waals surface area contributed by atoms with Crippen LogP contribution in [0.3, 0.4) is 0 Å². The maximum absolute atomic E-state index is 12.9. The highest BCUT2D eigenvalue weighted by molar-refractivity contribution is 5.77. The van der Waals surface area contributed by atoms with Crippen molar-refractivity contribution in [3.8, 4) is 0 Å². The molecule has 3 atom stereocenters. The van der Waals surface area contributed by atoms with Crippen molar-refractivity contribution in [3.63, 3.8) is 0 Å². The quantitative estimate of drug-likeness (QED) is 0.649. The van der Waals surface area contributed by atoms with Crippen molar-refractivity contribution in [2.45, 2.75) is 70.2 Å². The van der Waals surface area contributed by atoms with Gasteiger partial charge in [-0.05, 0) is 31.4 Å². The number of rotatable bonds is 7. The standard InChI is InChI=1S/C23H31N5O2/c1-16(2)23-25-17-7-4-5-8-18(17)28(23)13-6-9-21(29)26(3)19-10-11-20(22(19)30)27-14-12-24-15-27/h4-5,7-8,12,14-16,19-20,22,30H,6,9-11,13H2,1-3H3/t19-,20-,22-/m1/s1. The Morgan fingerprint density at radius 1 is 1.30 bits per heavy atom. The Hall–Kier alpha value is -2.67. The minimum atomic E-state index is -0.571. The fourth-order valence-electron chi connectivity index (χ4n) is 4.67. The zero-order valence-corrected chi connectivity index (χ0v) is 18.0. The third kappa shape index (κ3) is 3.86. The highest BCUT2D eigenvalue weighted by Gasteiger charge is 2.39. The summed E-state index contributed by atoms with van der Waals surface area (Å²) in [5, 5.41) is 10.8. The first-order chi connectivity index (χ1) is 14.5. The molecule has 1 N–H and O–H groups in total. The van der Waals surface area contributed by atoms with Crippen molar-refractivity contribution in [1.82, 2.24) is 24.0 Å². The van der Waals surface area contributed by atoms with Crippen molar-refractivity contribution in [2.75, 3.05) is 7.05 Å². The van der Waals surface area contributed by atoms with Gasteiger partial charge in [0.05, 0.1) is 35.5 Å². The minimum Gasteiger partial charge on any atom is -0.389 e. The molecule has 7 heteroatoms. The van der Waals surface area contributed by atoms with Gasteiger partial charge in [0.25, 0.3) is 0 Å². The second-order valence-corrected chi connectivity index (χ2v) is 8.59. The molecule has 7 nitrogen and oxygen atoms in total. The summed E-state index contributed by atoms with van der Waals surface area (Å²) in [5.74, 6) is 1.47. The Labute approximate surface area is 177 Å². The highest BCUT2D eigenvalue weighted by atomic mass is 16.3. The van der Waals surface area contributed by atoms with Gasteiger partial charge in [0, 0.05) is 38.3 Å². The third-order valence-electron chi connectivity index (χ3n) is 6.32. The van der Waals surface area contributed by atoms with Crippen LogP contribution in [0.25, 0.3) is 11.0 Å². The van der Waals surface area contributed by atoms with E-state index in [0.29, 0.717) is 12.3 Å². The number of aliphatic hydroxyl groups excluding tert-OH is 1. The van der Waals surface area contributed by atoms with Crippen molar-refractivity contribution in [1.29, 1.82) is 0 Å². The predicted molar refractivity (Wildman–Crippen MR) is 116 cm³/mol. The van der Waals surface area contributed by atoms with E-state index < -0.39 is 6.10 Å². The summed E-state index contributed by atoms with van der Waals surface area (Å²) < 4.78 is 4.19. The number of hydrogen-bond acceptors (Lipinski definition) is 4. The summed E-state index contributed by atoms with van der Waals surface area (Å²) in [7, 11) is 1.82. The number of nitrogens with zero attached hydrogens (tertiary/aromatic N) is 5. The molecule has 0 radical (unpaired) electrons. The van der Waals surface area contributed by atoms with E-state index in [9.17, 15) is 9.90 Å². The number of aryl methyl sites for hydroxylation is 1. The number of benzene rings is 1. The second-order valence-electron chi connectivity index (χ2n) is 8.59. The maximum Gasteiger partial charge on any atom is 0.222 e. The van der Waals surface area contributed by atoms with Crippen LogP contribution in [0.15, 0.2) is 43.0 Å². The lowest BCUT2D eigenvalue weighted by Crippen LogP contribution is -2.43. The molecule has 1 aliphatic carbocycles. The number of aliphatic hydroxyl groups is 1. The maximum atomic E-state index is 12.9. The summed E-state index contributed by atoms with van der Waals surface area (Å²) >= 11 is 0. The molecule has 1 saturated carbocycles. The van der Waals surface area contributed by atoms with Crippen LogP contribution in [0.1, 0.15) is 57.3 Å². The van der Waals surface area contributed by atoms with Gasteiger partial charge in [-0.25, -0.2) is 9.97 Å². The van der Waals surface area contributed by atoms with E-state index in [-0.39, 0.29) is 18.0 Å². The molecule has 3 aromatic rings. The molecule has 30 heavy (non-hydrogen) atoms. The molecule has 1 fully saturated rings. The summed E-state index contributed by atoms with van der Waals surface area (Å²) in [6.07, 6.45) is 7.61. The average molecular weight is 410 g/mol. The van der Waals surface area contributed by atoms with E-state index >= 15 is 0 Å². The lowest BCUT2D eigenvalue weighted by molar-refractivity contribution is -0.134. The number of likely N-dealkylation sites (N-methyl/N-ethyl adjacent to an activating group) is 1. The number of imidazole rings is 2. The topological polar surface area (TPSA) is 76.2 Å². The summed E-state index contributed by atoms with van der Waals surface area (Å²) in [6.45, 7) is 5.06. The number of amides is 1. The van der Waals surface area contributed by atoms with E-state index in [0.717, 1.165) is 42.7 Å². The van der Waals surface area contributed by atoms with E-state index in [1.807, 2.05) is 36.0 Å². The molecule has 0 aliphatic heterocycles. The van der Waals surface area contributed by atoms with Crippen LogP contribution in [0.4, 0.5) is 0 Å². The molecule has 1 aliphatic rings. The highest BCUT2D eigenvalue weighted by Crippen LogP contribution is 2.33. The predicted octanol–water partition coefficient (Wildman–Crippen LogP) is 3.36. The van der Waals surface area contributed by atoms with Crippen molar-refractivity contribution >= 4 is 16.9 Å². The Morgan fingerprint density at radius 2 is 2.10 bits per heavy atom. The number of fused-ring (bicyclic) bond motifs is 1. The molecular weight excluding hydrogens is 378 g/mol. The number of para-hydroxylation sites is 2. The van der Waals surface area contributed by atoms with Crippen LogP contribution in [0.5, 0.6) is 0 Å². The van der Waals surface area contributed by atoms with Crippen LogP contribution < -0.4 is 0 Å². The van der Waals surface area contributed by atoms with E-state index in [2.05, 4.69) is 29.5 Å². The number of aromatic nitrogens is 4. The lowest BCUT2D eigenvalue weighted by Gasteiger charge is -2.29.